The highest BCUT2D eigenvalue weighted by Gasteiger charge is 2.13. The number of aliphatic hydroxyl groups excluding tert-OH is 3. The van der Waals surface area contributed by atoms with Crippen molar-refractivity contribution in [1.29, 1.82) is 0 Å². The first-order valence-corrected chi connectivity index (χ1v) is 4.64. The molecule has 0 heterocycles. The summed E-state index contributed by atoms with van der Waals surface area (Å²) in [5, 5.41) is 24.0. The van der Waals surface area contributed by atoms with E-state index in [9.17, 15) is 0 Å². The first kappa shape index (κ1) is 11.9. The average molecular weight is 176 g/mol. The molecule has 0 aromatic carbocycles. The largest absolute Gasteiger partial charge is 0.394 e. The Morgan fingerprint density at radius 1 is 1.25 bits per heavy atom. The summed E-state index contributed by atoms with van der Waals surface area (Å²) < 4.78 is 0. The van der Waals surface area contributed by atoms with Crippen molar-refractivity contribution < 1.29 is 15.3 Å². The normalized spacial score (nSPS) is 16.8. The lowest BCUT2D eigenvalue weighted by Gasteiger charge is -2.22. The third-order valence-corrected chi connectivity index (χ3v) is 2.22. The third-order valence-electron chi connectivity index (χ3n) is 2.22. The molecule has 0 unspecified atom stereocenters. The lowest BCUT2D eigenvalue weighted by atomic mass is 9.84. The van der Waals surface area contributed by atoms with Crippen molar-refractivity contribution in [3.8, 4) is 0 Å². The van der Waals surface area contributed by atoms with Crippen molar-refractivity contribution >= 4 is 0 Å². The van der Waals surface area contributed by atoms with Gasteiger partial charge in [0.05, 0.1) is 13.2 Å². The third kappa shape index (κ3) is 5.52. The van der Waals surface area contributed by atoms with E-state index in [0.29, 0.717) is 0 Å². The molecule has 3 heteroatoms. The Morgan fingerprint density at radius 3 is 1.75 bits per heavy atom. The number of rotatable bonds is 3. The van der Waals surface area contributed by atoms with Crippen LogP contribution in [0.25, 0.3) is 0 Å². The Bertz CT molecular complexity index is 79.0. The van der Waals surface area contributed by atoms with Crippen molar-refractivity contribution in [3.05, 3.63) is 0 Å². The van der Waals surface area contributed by atoms with Gasteiger partial charge in [-0.15, -0.1) is 0 Å². The van der Waals surface area contributed by atoms with Crippen LogP contribution < -0.4 is 0 Å². The number of aliphatic hydroxyl groups is 3. The molecule has 0 aromatic rings. The van der Waals surface area contributed by atoms with Gasteiger partial charge >= 0.3 is 0 Å². The van der Waals surface area contributed by atoms with E-state index in [1.807, 2.05) is 0 Å². The lowest BCUT2D eigenvalue weighted by Crippen LogP contribution is -2.15. The maximum Gasteiger partial charge on any atom is 0.100 e. The van der Waals surface area contributed by atoms with Gasteiger partial charge in [0.2, 0.25) is 0 Å². The molecule has 12 heavy (non-hydrogen) atoms. The van der Waals surface area contributed by atoms with E-state index in [-0.39, 0.29) is 13.2 Å². The summed E-state index contributed by atoms with van der Waals surface area (Å²) in [6.07, 6.45) is 4.98. The molecule has 0 aliphatic heterocycles. The van der Waals surface area contributed by atoms with Crippen LogP contribution in [0.3, 0.4) is 0 Å². The Labute approximate surface area is 74.0 Å². The van der Waals surface area contributed by atoms with Gasteiger partial charge in [0.15, 0.2) is 0 Å². The van der Waals surface area contributed by atoms with E-state index in [1.165, 1.54) is 25.7 Å². The molecule has 1 aliphatic rings. The highest BCUT2D eigenvalue weighted by Crippen LogP contribution is 2.28. The van der Waals surface area contributed by atoms with Gasteiger partial charge in [-0.1, -0.05) is 32.6 Å². The number of hydrogen-bond donors (Lipinski definition) is 3. The van der Waals surface area contributed by atoms with Crippen molar-refractivity contribution in [2.75, 3.05) is 13.2 Å². The molecule has 0 aromatic heterocycles. The Balaban J connectivity index is 0.000000202. The van der Waals surface area contributed by atoms with Gasteiger partial charge in [-0.2, -0.15) is 0 Å². The van der Waals surface area contributed by atoms with Gasteiger partial charge in [-0.05, 0) is 5.92 Å². The van der Waals surface area contributed by atoms with Crippen LogP contribution in [0.5, 0.6) is 0 Å². The number of hydrogen-bond acceptors (Lipinski definition) is 3. The summed E-state index contributed by atoms with van der Waals surface area (Å²) in [5.41, 5.74) is 0. The fraction of sp³-hybridized carbons (Fsp3) is 1.00. The highest BCUT2D eigenvalue weighted by atomic mass is 16.3. The van der Waals surface area contributed by atoms with E-state index in [2.05, 4.69) is 6.92 Å². The fourth-order valence-electron chi connectivity index (χ4n) is 0.959. The second-order valence-electron chi connectivity index (χ2n) is 3.22. The quantitative estimate of drug-likeness (QED) is 0.588. The summed E-state index contributed by atoms with van der Waals surface area (Å²) in [4.78, 5) is 0. The van der Waals surface area contributed by atoms with Gasteiger partial charge in [0.1, 0.15) is 6.10 Å². The summed E-state index contributed by atoms with van der Waals surface area (Å²) in [6, 6.07) is 0. The Hall–Kier alpha value is -0.120. The Kier molecular flexibility index (Phi) is 7.45. The zero-order chi connectivity index (χ0) is 9.40. The van der Waals surface area contributed by atoms with Crippen molar-refractivity contribution in [3.63, 3.8) is 0 Å². The fourth-order valence-corrected chi connectivity index (χ4v) is 0.959. The average Bonchev–Trinajstić information content (AvgIpc) is 2.02. The molecule has 0 amide bonds. The first-order valence-electron chi connectivity index (χ1n) is 4.64. The molecular weight excluding hydrogens is 156 g/mol. The zero-order valence-corrected chi connectivity index (χ0v) is 7.74. The lowest BCUT2D eigenvalue weighted by molar-refractivity contribution is 0.0450. The zero-order valence-electron chi connectivity index (χ0n) is 7.74. The standard InChI is InChI=1S/C6H12.C3H8O3/c1-2-6-4-3-5-6;4-1-3(6)2-5/h6H,2-5H2,1H3;3-6H,1-2H2. The van der Waals surface area contributed by atoms with E-state index in [0.717, 1.165) is 5.92 Å². The minimum Gasteiger partial charge on any atom is -0.394 e. The van der Waals surface area contributed by atoms with Gasteiger partial charge in [0.25, 0.3) is 0 Å². The second kappa shape index (κ2) is 7.53. The van der Waals surface area contributed by atoms with E-state index in [1.54, 1.807) is 0 Å². The van der Waals surface area contributed by atoms with Gasteiger partial charge in [0, 0.05) is 0 Å². The molecule has 0 spiro atoms. The molecule has 0 atom stereocenters. The predicted molar refractivity (Wildman–Crippen MR) is 47.8 cm³/mol. The molecule has 0 saturated heterocycles. The van der Waals surface area contributed by atoms with E-state index >= 15 is 0 Å². The SMILES string of the molecule is CCC1CCC1.OCC(O)CO. The molecule has 1 fully saturated rings. The molecule has 0 radical (unpaired) electrons. The minimum absolute atomic E-state index is 0.365. The van der Waals surface area contributed by atoms with Crippen LogP contribution >= 0.6 is 0 Å². The molecule has 3 nitrogen and oxygen atoms in total. The van der Waals surface area contributed by atoms with Gasteiger partial charge < -0.3 is 15.3 Å². The topological polar surface area (TPSA) is 60.7 Å². The highest BCUT2D eigenvalue weighted by molar-refractivity contribution is 4.66. The maximum absolute atomic E-state index is 8.17. The van der Waals surface area contributed by atoms with Crippen molar-refractivity contribution in [2.24, 2.45) is 5.92 Å². The van der Waals surface area contributed by atoms with Crippen LogP contribution in [0, 0.1) is 5.92 Å². The van der Waals surface area contributed by atoms with E-state index in [4.69, 9.17) is 15.3 Å². The van der Waals surface area contributed by atoms with Crippen LogP contribution in [0.2, 0.25) is 0 Å². The summed E-state index contributed by atoms with van der Waals surface area (Å²) in [7, 11) is 0. The van der Waals surface area contributed by atoms with Crippen LogP contribution in [0.15, 0.2) is 0 Å². The summed E-state index contributed by atoms with van der Waals surface area (Å²) in [6.45, 7) is 1.55. The van der Waals surface area contributed by atoms with Gasteiger partial charge in [-0.25, -0.2) is 0 Å². The minimum atomic E-state index is -0.954. The van der Waals surface area contributed by atoms with Gasteiger partial charge in [-0.3, -0.25) is 0 Å². The maximum atomic E-state index is 8.17. The molecule has 3 N–H and O–H groups in total. The van der Waals surface area contributed by atoms with Crippen LogP contribution in [0.4, 0.5) is 0 Å². The molecule has 1 saturated carbocycles. The molecule has 74 valence electrons. The summed E-state index contributed by atoms with van der Waals surface area (Å²) >= 11 is 0. The predicted octanol–water partition coefficient (Wildman–Crippen LogP) is 0.528. The first-order chi connectivity index (χ1) is 5.74. The van der Waals surface area contributed by atoms with Crippen molar-refractivity contribution in [1.82, 2.24) is 0 Å². The monoisotopic (exact) mass is 176 g/mol. The van der Waals surface area contributed by atoms with Crippen LogP contribution in [0.1, 0.15) is 32.6 Å². The smallest absolute Gasteiger partial charge is 0.100 e. The van der Waals surface area contributed by atoms with Crippen LogP contribution in [-0.2, 0) is 0 Å². The Morgan fingerprint density at radius 2 is 1.75 bits per heavy atom. The molecule has 0 bridgehead atoms. The summed E-state index contributed by atoms with van der Waals surface area (Å²) in [5.74, 6) is 1.12. The van der Waals surface area contributed by atoms with E-state index < -0.39 is 6.10 Å². The van der Waals surface area contributed by atoms with Crippen LogP contribution in [-0.4, -0.2) is 34.6 Å². The molecule has 1 aliphatic carbocycles. The molecular formula is C9H20O3. The van der Waals surface area contributed by atoms with Crippen molar-refractivity contribution in [2.45, 2.75) is 38.7 Å². The second-order valence-corrected chi connectivity index (χ2v) is 3.22. The molecule has 1 rings (SSSR count).